The van der Waals surface area contributed by atoms with Gasteiger partial charge in [-0.25, -0.2) is 0 Å². The fourth-order valence-electron chi connectivity index (χ4n) is 2.26. The van der Waals surface area contributed by atoms with Gasteiger partial charge in [0.1, 0.15) is 5.69 Å². The standard InChI is InChI=1S/C17H16N4O6/c22-16(8-3-9-18-12-5-1-2-6-13(12)21(23)24)26-11-15-19-20-17(27-15)14-7-4-10-25-14/h1-2,4-7,10,18H,3,8-9,11H2. The first-order valence-corrected chi connectivity index (χ1v) is 8.12. The number of para-hydroxylation sites is 2. The van der Waals surface area contributed by atoms with Crippen molar-refractivity contribution in [3.05, 3.63) is 58.7 Å². The number of ether oxygens (including phenoxy) is 1. The molecule has 0 saturated heterocycles. The number of hydrogen-bond donors (Lipinski definition) is 1. The highest BCUT2D eigenvalue weighted by Gasteiger charge is 2.14. The monoisotopic (exact) mass is 372 g/mol. The first-order chi connectivity index (χ1) is 13.1. The van der Waals surface area contributed by atoms with E-state index >= 15 is 0 Å². The summed E-state index contributed by atoms with van der Waals surface area (Å²) in [5, 5.41) is 21.4. The first kappa shape index (κ1) is 18.1. The molecule has 0 radical (unpaired) electrons. The van der Waals surface area contributed by atoms with E-state index < -0.39 is 10.9 Å². The second-order valence-electron chi connectivity index (χ2n) is 5.44. The molecule has 0 aliphatic rings. The molecule has 0 aliphatic heterocycles. The van der Waals surface area contributed by atoms with E-state index in [0.717, 1.165) is 0 Å². The maximum Gasteiger partial charge on any atom is 0.306 e. The number of nitrogens with zero attached hydrogens (tertiary/aromatic N) is 3. The van der Waals surface area contributed by atoms with E-state index in [1.165, 1.54) is 12.3 Å². The van der Waals surface area contributed by atoms with Crippen molar-refractivity contribution in [3.8, 4) is 11.7 Å². The number of furan rings is 1. The number of esters is 1. The van der Waals surface area contributed by atoms with Crippen LogP contribution in [0.5, 0.6) is 0 Å². The van der Waals surface area contributed by atoms with E-state index in [4.69, 9.17) is 13.6 Å². The highest BCUT2D eigenvalue weighted by atomic mass is 16.6. The molecule has 0 spiro atoms. The molecular formula is C17H16N4O6. The number of carbonyl (C=O) groups is 1. The second kappa shape index (κ2) is 8.61. The number of rotatable bonds is 9. The molecule has 2 aromatic heterocycles. The van der Waals surface area contributed by atoms with Gasteiger partial charge in [0, 0.05) is 19.0 Å². The second-order valence-corrected chi connectivity index (χ2v) is 5.44. The third kappa shape index (κ3) is 4.91. The summed E-state index contributed by atoms with van der Waals surface area (Å²) in [5.74, 6) is 0.366. The Morgan fingerprint density at radius 3 is 2.85 bits per heavy atom. The fraction of sp³-hybridized carbons (Fsp3) is 0.235. The fourth-order valence-corrected chi connectivity index (χ4v) is 2.26. The van der Waals surface area contributed by atoms with Crippen LogP contribution in [-0.2, 0) is 16.1 Å². The van der Waals surface area contributed by atoms with E-state index in [1.807, 2.05) is 0 Å². The molecule has 1 N–H and O–H groups in total. The SMILES string of the molecule is O=C(CCCNc1ccccc1[N+](=O)[O-])OCc1nnc(-c2ccco2)o1. The lowest BCUT2D eigenvalue weighted by atomic mass is 10.2. The van der Waals surface area contributed by atoms with E-state index in [2.05, 4.69) is 15.5 Å². The molecule has 0 saturated carbocycles. The van der Waals surface area contributed by atoms with Gasteiger partial charge in [0.25, 0.3) is 17.5 Å². The van der Waals surface area contributed by atoms with Crippen molar-refractivity contribution in [2.45, 2.75) is 19.4 Å². The van der Waals surface area contributed by atoms with Crippen LogP contribution >= 0.6 is 0 Å². The average molecular weight is 372 g/mol. The van der Waals surface area contributed by atoms with Crippen LogP contribution in [0.25, 0.3) is 11.7 Å². The maximum atomic E-state index is 11.8. The Kier molecular flexibility index (Phi) is 5.77. The van der Waals surface area contributed by atoms with Crippen LogP contribution in [0.1, 0.15) is 18.7 Å². The maximum absolute atomic E-state index is 11.8. The Morgan fingerprint density at radius 2 is 2.07 bits per heavy atom. The Labute approximate surface area is 153 Å². The molecule has 0 unspecified atom stereocenters. The number of anilines is 1. The molecule has 3 aromatic rings. The number of nitrogens with one attached hydrogen (secondary N) is 1. The molecule has 0 fully saturated rings. The smallest absolute Gasteiger partial charge is 0.306 e. The predicted molar refractivity (Wildman–Crippen MR) is 92.6 cm³/mol. The van der Waals surface area contributed by atoms with Crippen molar-refractivity contribution in [1.82, 2.24) is 10.2 Å². The molecule has 2 heterocycles. The van der Waals surface area contributed by atoms with Crippen molar-refractivity contribution < 1.29 is 23.3 Å². The number of hydrogen-bond acceptors (Lipinski definition) is 9. The summed E-state index contributed by atoms with van der Waals surface area (Å²) in [4.78, 5) is 22.2. The first-order valence-electron chi connectivity index (χ1n) is 8.12. The number of nitro groups is 1. The van der Waals surface area contributed by atoms with Crippen LogP contribution < -0.4 is 5.32 Å². The zero-order valence-electron chi connectivity index (χ0n) is 14.2. The number of nitro benzene ring substituents is 1. The van der Waals surface area contributed by atoms with Gasteiger partial charge in [-0.2, -0.15) is 0 Å². The number of benzene rings is 1. The molecule has 27 heavy (non-hydrogen) atoms. The Hall–Kier alpha value is -3.69. The van der Waals surface area contributed by atoms with Crippen LogP contribution in [0.2, 0.25) is 0 Å². The zero-order chi connectivity index (χ0) is 19.1. The molecule has 3 rings (SSSR count). The topological polar surface area (TPSA) is 134 Å². The number of carbonyl (C=O) groups excluding carboxylic acids is 1. The summed E-state index contributed by atoms with van der Waals surface area (Å²) in [6.07, 6.45) is 2.08. The average Bonchev–Trinajstić information content (AvgIpc) is 3.35. The minimum atomic E-state index is -0.460. The summed E-state index contributed by atoms with van der Waals surface area (Å²) < 4.78 is 15.5. The predicted octanol–water partition coefficient (Wildman–Crippen LogP) is 3.17. The summed E-state index contributed by atoms with van der Waals surface area (Å²) in [6.45, 7) is 0.257. The quantitative estimate of drug-likeness (QED) is 0.260. The van der Waals surface area contributed by atoms with Crippen molar-refractivity contribution in [3.63, 3.8) is 0 Å². The Bertz CT molecular complexity index is 906. The Balaban J connectivity index is 1.39. The third-order valence-corrected chi connectivity index (χ3v) is 3.53. The molecule has 0 atom stereocenters. The lowest BCUT2D eigenvalue weighted by molar-refractivity contribution is -0.384. The van der Waals surface area contributed by atoms with Crippen LogP contribution in [0, 0.1) is 10.1 Å². The molecule has 140 valence electrons. The van der Waals surface area contributed by atoms with Crippen molar-refractivity contribution >= 4 is 17.3 Å². The summed E-state index contributed by atoms with van der Waals surface area (Å²) in [5.41, 5.74) is 0.399. The van der Waals surface area contributed by atoms with Crippen LogP contribution in [0.15, 0.2) is 51.5 Å². The number of aromatic nitrogens is 2. The van der Waals surface area contributed by atoms with E-state index in [-0.39, 0.29) is 30.5 Å². The van der Waals surface area contributed by atoms with Gasteiger partial charge < -0.3 is 18.9 Å². The van der Waals surface area contributed by atoms with Crippen LogP contribution in [0.3, 0.4) is 0 Å². The molecule has 10 heteroatoms. The van der Waals surface area contributed by atoms with Crippen molar-refractivity contribution in [1.29, 1.82) is 0 Å². The van der Waals surface area contributed by atoms with Gasteiger partial charge in [-0.1, -0.05) is 12.1 Å². The summed E-state index contributed by atoms with van der Waals surface area (Å²) in [7, 11) is 0. The molecule has 0 amide bonds. The van der Waals surface area contributed by atoms with Gasteiger partial charge in [0.2, 0.25) is 0 Å². The Morgan fingerprint density at radius 1 is 1.22 bits per heavy atom. The molecular weight excluding hydrogens is 356 g/mol. The highest BCUT2D eigenvalue weighted by molar-refractivity contribution is 5.69. The summed E-state index contributed by atoms with van der Waals surface area (Å²) in [6, 6.07) is 9.69. The van der Waals surface area contributed by atoms with Gasteiger partial charge in [-0.15, -0.1) is 10.2 Å². The van der Waals surface area contributed by atoms with E-state index in [0.29, 0.717) is 24.4 Å². The van der Waals surface area contributed by atoms with Gasteiger partial charge in [0.05, 0.1) is 11.2 Å². The lowest BCUT2D eigenvalue weighted by Gasteiger charge is -2.06. The molecule has 0 aliphatic carbocycles. The third-order valence-electron chi connectivity index (χ3n) is 3.53. The van der Waals surface area contributed by atoms with Crippen molar-refractivity contribution in [2.24, 2.45) is 0 Å². The van der Waals surface area contributed by atoms with E-state index in [9.17, 15) is 14.9 Å². The molecule has 0 bridgehead atoms. The van der Waals surface area contributed by atoms with Gasteiger partial charge in [0.15, 0.2) is 12.4 Å². The molecule has 1 aromatic carbocycles. The van der Waals surface area contributed by atoms with Crippen LogP contribution in [-0.4, -0.2) is 27.6 Å². The van der Waals surface area contributed by atoms with Gasteiger partial charge in [-0.3, -0.25) is 14.9 Å². The minimum Gasteiger partial charge on any atom is -0.459 e. The normalized spacial score (nSPS) is 10.5. The van der Waals surface area contributed by atoms with Crippen LogP contribution in [0.4, 0.5) is 11.4 Å². The lowest BCUT2D eigenvalue weighted by Crippen LogP contribution is -2.09. The largest absolute Gasteiger partial charge is 0.459 e. The van der Waals surface area contributed by atoms with Crippen molar-refractivity contribution in [2.75, 3.05) is 11.9 Å². The summed E-state index contributed by atoms with van der Waals surface area (Å²) >= 11 is 0. The van der Waals surface area contributed by atoms with Gasteiger partial charge >= 0.3 is 5.97 Å². The minimum absolute atomic E-state index is 0.0103. The van der Waals surface area contributed by atoms with E-state index in [1.54, 1.807) is 30.3 Å². The van der Waals surface area contributed by atoms with Gasteiger partial charge in [-0.05, 0) is 24.6 Å². The highest BCUT2D eigenvalue weighted by Crippen LogP contribution is 2.23. The molecule has 10 nitrogen and oxygen atoms in total. The zero-order valence-corrected chi connectivity index (χ0v) is 14.2.